The largest absolute Gasteiger partial charge is 0.337 e. The third-order valence-corrected chi connectivity index (χ3v) is 4.02. The number of imidazole rings is 1. The first-order valence-electron chi connectivity index (χ1n) is 6.19. The minimum absolute atomic E-state index is 0.109. The van der Waals surface area contributed by atoms with Crippen LogP contribution in [-0.4, -0.2) is 58.1 Å². The van der Waals surface area contributed by atoms with Crippen LogP contribution in [0, 0.1) is 0 Å². The lowest BCUT2D eigenvalue weighted by molar-refractivity contribution is -0.00540. The van der Waals surface area contributed by atoms with Crippen LogP contribution >= 0.6 is 0 Å². The van der Waals surface area contributed by atoms with Crippen LogP contribution in [0.2, 0.25) is 0 Å². The maximum Gasteiger partial charge on any atom is 0.128 e. The van der Waals surface area contributed by atoms with E-state index in [0.29, 0.717) is 6.04 Å². The molecular formula is C11H20N6. The molecule has 17 heavy (non-hydrogen) atoms. The first kappa shape index (κ1) is 11.2. The molecule has 0 radical (unpaired) electrons. The number of hydrogen-bond donors (Lipinski definition) is 2. The van der Waals surface area contributed by atoms with E-state index in [1.165, 1.54) is 13.1 Å². The molecular weight excluding hydrogens is 216 g/mol. The molecule has 6 nitrogen and oxygen atoms in total. The van der Waals surface area contributed by atoms with E-state index >= 15 is 0 Å². The second-order valence-corrected chi connectivity index (χ2v) is 4.94. The molecule has 3 aliphatic rings. The number of aryl methyl sites for hydroxylation is 1. The van der Waals surface area contributed by atoms with Gasteiger partial charge in [-0.05, 0) is 0 Å². The number of nitrogens with two attached hydrogens (primary N) is 1. The fourth-order valence-electron chi connectivity index (χ4n) is 3.01. The standard InChI is InChI=1S/C11H20N6/c1-15-3-2-13-11(15)10(14-12)9-8-16-4-6-17(9)7-5-16/h2-3,9-10,14H,4-8,12H2,1H3. The molecule has 0 aromatic carbocycles. The fourth-order valence-corrected chi connectivity index (χ4v) is 3.01. The summed E-state index contributed by atoms with van der Waals surface area (Å²) in [5, 5.41) is 0. The zero-order valence-electron chi connectivity index (χ0n) is 10.2. The molecule has 3 saturated heterocycles. The summed E-state index contributed by atoms with van der Waals surface area (Å²) in [4.78, 5) is 9.46. The van der Waals surface area contributed by atoms with Crippen LogP contribution in [-0.2, 0) is 7.05 Å². The Morgan fingerprint density at radius 3 is 2.65 bits per heavy atom. The fraction of sp³-hybridized carbons (Fsp3) is 0.727. The van der Waals surface area contributed by atoms with Gasteiger partial charge in [-0.1, -0.05) is 0 Å². The minimum atomic E-state index is 0.109. The first-order valence-corrected chi connectivity index (χ1v) is 6.19. The van der Waals surface area contributed by atoms with Gasteiger partial charge in [-0.15, -0.1) is 0 Å². The van der Waals surface area contributed by atoms with Gasteiger partial charge in [0, 0.05) is 58.2 Å². The predicted octanol–water partition coefficient (Wildman–Crippen LogP) is -1.08. The van der Waals surface area contributed by atoms with Gasteiger partial charge in [-0.3, -0.25) is 15.6 Å². The minimum Gasteiger partial charge on any atom is -0.337 e. The van der Waals surface area contributed by atoms with E-state index in [0.717, 1.165) is 25.5 Å². The highest BCUT2D eigenvalue weighted by molar-refractivity contribution is 5.06. The van der Waals surface area contributed by atoms with Crippen LogP contribution in [0.25, 0.3) is 0 Å². The van der Waals surface area contributed by atoms with Crippen LogP contribution in [0.5, 0.6) is 0 Å². The average molecular weight is 236 g/mol. The number of nitrogens with one attached hydrogen (secondary N) is 1. The monoisotopic (exact) mass is 236 g/mol. The summed E-state index contributed by atoms with van der Waals surface area (Å²) >= 11 is 0. The molecule has 2 unspecified atom stereocenters. The van der Waals surface area contributed by atoms with E-state index in [4.69, 9.17) is 5.84 Å². The highest BCUT2D eigenvalue weighted by atomic mass is 15.4. The molecule has 1 aromatic rings. The molecule has 6 heteroatoms. The Kier molecular flexibility index (Phi) is 2.87. The summed E-state index contributed by atoms with van der Waals surface area (Å²) in [7, 11) is 2.02. The first-order chi connectivity index (χ1) is 8.29. The summed E-state index contributed by atoms with van der Waals surface area (Å²) in [6.07, 6.45) is 3.80. The SMILES string of the molecule is Cn1ccnc1C(NN)C1CN2CCN1CC2. The van der Waals surface area contributed by atoms with Gasteiger partial charge in [0.05, 0.1) is 6.04 Å². The van der Waals surface area contributed by atoms with Gasteiger partial charge in [0.2, 0.25) is 0 Å². The summed E-state index contributed by atoms with van der Waals surface area (Å²) in [5.41, 5.74) is 2.95. The van der Waals surface area contributed by atoms with Crippen molar-refractivity contribution in [1.29, 1.82) is 0 Å². The van der Waals surface area contributed by atoms with Crippen LogP contribution in [0.1, 0.15) is 11.9 Å². The molecule has 1 aromatic heterocycles. The lowest BCUT2D eigenvalue weighted by Gasteiger charge is -2.49. The van der Waals surface area contributed by atoms with Crippen molar-refractivity contribution in [2.75, 3.05) is 32.7 Å². The van der Waals surface area contributed by atoms with Gasteiger partial charge in [-0.2, -0.15) is 0 Å². The zero-order valence-corrected chi connectivity index (χ0v) is 10.2. The second-order valence-electron chi connectivity index (χ2n) is 4.94. The smallest absolute Gasteiger partial charge is 0.128 e. The van der Waals surface area contributed by atoms with Crippen LogP contribution in [0.3, 0.4) is 0 Å². The highest BCUT2D eigenvalue weighted by Crippen LogP contribution is 2.25. The Hall–Kier alpha value is -0.950. The van der Waals surface area contributed by atoms with E-state index in [1.807, 2.05) is 24.0 Å². The lowest BCUT2D eigenvalue weighted by atomic mass is 10.00. The molecule has 0 spiro atoms. The van der Waals surface area contributed by atoms with Crippen molar-refractivity contribution in [3.63, 3.8) is 0 Å². The van der Waals surface area contributed by atoms with Crippen molar-refractivity contribution in [1.82, 2.24) is 24.8 Å². The summed E-state index contributed by atoms with van der Waals surface area (Å²) in [6.45, 7) is 5.75. The van der Waals surface area contributed by atoms with Crippen LogP contribution in [0.15, 0.2) is 12.4 Å². The number of rotatable bonds is 3. The van der Waals surface area contributed by atoms with Crippen molar-refractivity contribution in [2.24, 2.45) is 12.9 Å². The zero-order chi connectivity index (χ0) is 11.8. The number of hydrazine groups is 1. The molecule has 3 aliphatic heterocycles. The number of fused-ring (bicyclic) bond motifs is 3. The normalized spacial score (nSPS) is 33.9. The Morgan fingerprint density at radius 1 is 1.41 bits per heavy atom. The number of piperazine rings is 3. The van der Waals surface area contributed by atoms with Gasteiger partial charge >= 0.3 is 0 Å². The van der Waals surface area contributed by atoms with Gasteiger partial charge < -0.3 is 4.57 Å². The van der Waals surface area contributed by atoms with E-state index in [1.54, 1.807) is 0 Å². The Bertz CT molecular complexity index is 381. The van der Waals surface area contributed by atoms with Gasteiger partial charge in [-0.25, -0.2) is 10.4 Å². The maximum atomic E-state index is 5.75. The number of nitrogens with zero attached hydrogens (tertiary/aromatic N) is 4. The van der Waals surface area contributed by atoms with Crippen molar-refractivity contribution in [3.05, 3.63) is 18.2 Å². The lowest BCUT2D eigenvalue weighted by Crippen LogP contribution is -2.64. The molecule has 4 heterocycles. The van der Waals surface area contributed by atoms with Crippen molar-refractivity contribution in [2.45, 2.75) is 12.1 Å². The Labute approximate surface area is 101 Å². The van der Waals surface area contributed by atoms with E-state index in [9.17, 15) is 0 Å². The Balaban J connectivity index is 1.84. The number of hydrogen-bond acceptors (Lipinski definition) is 5. The number of aromatic nitrogens is 2. The van der Waals surface area contributed by atoms with Crippen molar-refractivity contribution < 1.29 is 0 Å². The average Bonchev–Trinajstić information content (AvgIpc) is 2.79. The van der Waals surface area contributed by atoms with Gasteiger partial charge in [0.25, 0.3) is 0 Å². The maximum absolute atomic E-state index is 5.75. The third kappa shape index (κ3) is 1.87. The Morgan fingerprint density at radius 2 is 2.18 bits per heavy atom. The van der Waals surface area contributed by atoms with E-state index in [2.05, 4.69) is 20.2 Å². The van der Waals surface area contributed by atoms with Crippen LogP contribution in [0.4, 0.5) is 0 Å². The highest BCUT2D eigenvalue weighted by Gasteiger charge is 2.38. The summed E-state index contributed by atoms with van der Waals surface area (Å²) < 4.78 is 2.04. The van der Waals surface area contributed by atoms with E-state index in [-0.39, 0.29) is 6.04 Å². The second kappa shape index (κ2) is 4.38. The van der Waals surface area contributed by atoms with Crippen molar-refractivity contribution in [3.8, 4) is 0 Å². The third-order valence-electron chi connectivity index (χ3n) is 4.02. The molecule has 2 bridgehead atoms. The topological polar surface area (TPSA) is 62.4 Å². The summed E-state index contributed by atoms with van der Waals surface area (Å²) in [5.74, 6) is 6.77. The predicted molar refractivity (Wildman–Crippen MR) is 65.1 cm³/mol. The molecule has 0 saturated carbocycles. The van der Waals surface area contributed by atoms with E-state index < -0.39 is 0 Å². The summed E-state index contributed by atoms with van der Waals surface area (Å²) in [6, 6.07) is 0.543. The molecule has 2 atom stereocenters. The quantitative estimate of drug-likeness (QED) is 0.516. The molecule has 3 fully saturated rings. The molecule has 3 N–H and O–H groups in total. The molecule has 0 aliphatic carbocycles. The molecule has 94 valence electrons. The van der Waals surface area contributed by atoms with Crippen molar-refractivity contribution >= 4 is 0 Å². The van der Waals surface area contributed by atoms with Gasteiger partial charge in [0.15, 0.2) is 0 Å². The molecule has 0 amide bonds. The van der Waals surface area contributed by atoms with Gasteiger partial charge in [0.1, 0.15) is 5.82 Å². The molecule has 4 rings (SSSR count). The van der Waals surface area contributed by atoms with Crippen LogP contribution < -0.4 is 11.3 Å².